The normalized spacial score (nSPS) is 13.9. The molecule has 120 valence electrons. The van der Waals surface area contributed by atoms with E-state index in [1.165, 1.54) is 30.7 Å². The van der Waals surface area contributed by atoms with Gasteiger partial charge in [0.15, 0.2) is 0 Å². The number of nitrogens with one attached hydrogen (secondary N) is 2. The molecule has 1 fully saturated rings. The van der Waals surface area contributed by atoms with E-state index in [0.717, 1.165) is 18.8 Å². The number of anilines is 3. The van der Waals surface area contributed by atoms with E-state index in [1.54, 1.807) is 12.1 Å². The summed E-state index contributed by atoms with van der Waals surface area (Å²) in [5.74, 6) is -0.713. The summed E-state index contributed by atoms with van der Waals surface area (Å²) in [7, 11) is 0. The maximum atomic E-state index is 13.5. The van der Waals surface area contributed by atoms with Gasteiger partial charge in [0, 0.05) is 24.5 Å². The van der Waals surface area contributed by atoms with Crippen LogP contribution in [0.4, 0.5) is 21.5 Å². The number of rotatable bonds is 5. The molecular formula is C18H20FN3O. The fraction of sp³-hybridized carbons (Fsp3) is 0.278. The van der Waals surface area contributed by atoms with E-state index in [4.69, 9.17) is 0 Å². The highest BCUT2D eigenvalue weighted by atomic mass is 19.1. The second-order valence-corrected chi connectivity index (χ2v) is 5.62. The Hall–Kier alpha value is -2.56. The summed E-state index contributed by atoms with van der Waals surface area (Å²) in [6, 6.07) is 14.2. The van der Waals surface area contributed by atoms with Crippen LogP contribution < -0.4 is 15.5 Å². The van der Waals surface area contributed by atoms with Crippen molar-refractivity contribution in [3.8, 4) is 0 Å². The van der Waals surface area contributed by atoms with Gasteiger partial charge in [-0.15, -0.1) is 0 Å². The molecule has 2 N–H and O–H groups in total. The zero-order valence-electron chi connectivity index (χ0n) is 12.9. The number of benzene rings is 2. The average molecular weight is 313 g/mol. The standard InChI is InChI=1S/C18H20FN3O/c19-16-5-1-2-6-17(16)21-18(23)13-20-14-7-9-15(10-8-14)22-11-3-4-12-22/h1-2,5-10,20H,3-4,11-13H2,(H,21,23). The van der Waals surface area contributed by atoms with Crippen LogP contribution in [0.5, 0.6) is 0 Å². The van der Waals surface area contributed by atoms with Crippen molar-refractivity contribution in [1.82, 2.24) is 0 Å². The van der Waals surface area contributed by atoms with Crippen molar-refractivity contribution >= 4 is 23.0 Å². The molecule has 1 saturated heterocycles. The van der Waals surface area contributed by atoms with Crippen molar-refractivity contribution in [3.63, 3.8) is 0 Å². The number of para-hydroxylation sites is 1. The number of carbonyl (C=O) groups is 1. The fourth-order valence-corrected chi connectivity index (χ4v) is 2.70. The number of nitrogens with zero attached hydrogens (tertiary/aromatic N) is 1. The van der Waals surface area contributed by atoms with E-state index < -0.39 is 5.82 Å². The molecule has 0 radical (unpaired) electrons. The first-order valence-corrected chi connectivity index (χ1v) is 7.85. The van der Waals surface area contributed by atoms with Gasteiger partial charge < -0.3 is 15.5 Å². The molecular weight excluding hydrogens is 293 g/mol. The number of hydrogen-bond acceptors (Lipinski definition) is 3. The molecule has 0 spiro atoms. The fourth-order valence-electron chi connectivity index (χ4n) is 2.70. The molecule has 1 aliphatic heterocycles. The van der Waals surface area contributed by atoms with Gasteiger partial charge in [-0.3, -0.25) is 4.79 Å². The predicted octanol–water partition coefficient (Wildman–Crippen LogP) is 3.48. The van der Waals surface area contributed by atoms with E-state index in [1.807, 2.05) is 12.1 Å². The van der Waals surface area contributed by atoms with Crippen LogP contribution in [0.25, 0.3) is 0 Å². The van der Waals surface area contributed by atoms with Crippen molar-refractivity contribution < 1.29 is 9.18 Å². The first-order valence-electron chi connectivity index (χ1n) is 7.85. The Kier molecular flexibility index (Phi) is 4.76. The Balaban J connectivity index is 1.51. The third kappa shape index (κ3) is 4.00. The molecule has 1 amide bonds. The SMILES string of the molecule is O=C(CNc1ccc(N2CCCC2)cc1)Nc1ccccc1F. The molecule has 0 bridgehead atoms. The Morgan fingerprint density at radius 2 is 1.74 bits per heavy atom. The van der Waals surface area contributed by atoms with Gasteiger partial charge >= 0.3 is 0 Å². The van der Waals surface area contributed by atoms with Gasteiger partial charge in [-0.05, 0) is 49.2 Å². The van der Waals surface area contributed by atoms with Gasteiger partial charge in [-0.25, -0.2) is 4.39 Å². The van der Waals surface area contributed by atoms with E-state index in [-0.39, 0.29) is 18.1 Å². The zero-order valence-corrected chi connectivity index (χ0v) is 12.9. The Labute approximate surface area is 135 Å². The molecule has 0 unspecified atom stereocenters. The Bertz CT molecular complexity index is 666. The van der Waals surface area contributed by atoms with E-state index >= 15 is 0 Å². The first-order chi connectivity index (χ1) is 11.2. The van der Waals surface area contributed by atoms with Crippen molar-refractivity contribution in [1.29, 1.82) is 0 Å². The van der Waals surface area contributed by atoms with Crippen LogP contribution in [0, 0.1) is 5.82 Å². The molecule has 23 heavy (non-hydrogen) atoms. The molecule has 0 aromatic heterocycles. The summed E-state index contributed by atoms with van der Waals surface area (Å²) in [4.78, 5) is 14.2. The molecule has 0 saturated carbocycles. The molecule has 2 aromatic rings. The Morgan fingerprint density at radius 1 is 1.04 bits per heavy atom. The highest BCUT2D eigenvalue weighted by Gasteiger charge is 2.12. The van der Waals surface area contributed by atoms with Crippen LogP contribution in [-0.4, -0.2) is 25.5 Å². The highest BCUT2D eigenvalue weighted by molar-refractivity contribution is 5.93. The maximum Gasteiger partial charge on any atom is 0.243 e. The summed E-state index contributed by atoms with van der Waals surface area (Å²) < 4.78 is 13.5. The number of halogens is 1. The first kappa shape index (κ1) is 15.3. The van der Waals surface area contributed by atoms with Crippen molar-refractivity contribution in [2.75, 3.05) is 35.2 Å². The van der Waals surface area contributed by atoms with Crippen LogP contribution in [0.1, 0.15) is 12.8 Å². The number of amides is 1. The van der Waals surface area contributed by atoms with Crippen LogP contribution >= 0.6 is 0 Å². The topological polar surface area (TPSA) is 44.4 Å². The molecule has 0 atom stereocenters. The Morgan fingerprint density at radius 3 is 2.43 bits per heavy atom. The summed E-state index contributed by atoms with van der Waals surface area (Å²) in [6.07, 6.45) is 2.49. The quantitative estimate of drug-likeness (QED) is 0.888. The molecule has 5 heteroatoms. The second kappa shape index (κ2) is 7.13. The summed E-state index contributed by atoms with van der Waals surface area (Å²) in [6.45, 7) is 2.31. The van der Waals surface area contributed by atoms with E-state index in [9.17, 15) is 9.18 Å². The number of hydrogen-bond donors (Lipinski definition) is 2. The highest BCUT2D eigenvalue weighted by Crippen LogP contribution is 2.22. The zero-order chi connectivity index (χ0) is 16.1. The van der Waals surface area contributed by atoms with E-state index in [0.29, 0.717) is 0 Å². The molecule has 2 aromatic carbocycles. The third-order valence-electron chi connectivity index (χ3n) is 3.94. The van der Waals surface area contributed by atoms with Crippen LogP contribution in [0.2, 0.25) is 0 Å². The lowest BCUT2D eigenvalue weighted by molar-refractivity contribution is -0.114. The summed E-state index contributed by atoms with van der Waals surface area (Å²) >= 11 is 0. The van der Waals surface area contributed by atoms with Crippen LogP contribution in [0.3, 0.4) is 0 Å². The van der Waals surface area contributed by atoms with Gasteiger partial charge in [-0.1, -0.05) is 12.1 Å². The van der Waals surface area contributed by atoms with Crippen molar-refractivity contribution in [2.24, 2.45) is 0 Å². The lowest BCUT2D eigenvalue weighted by atomic mass is 10.2. The number of carbonyl (C=O) groups excluding carboxylic acids is 1. The van der Waals surface area contributed by atoms with Crippen LogP contribution in [0.15, 0.2) is 48.5 Å². The maximum absolute atomic E-state index is 13.5. The van der Waals surface area contributed by atoms with Crippen molar-refractivity contribution in [2.45, 2.75) is 12.8 Å². The predicted molar refractivity (Wildman–Crippen MR) is 91.4 cm³/mol. The minimum Gasteiger partial charge on any atom is -0.376 e. The smallest absolute Gasteiger partial charge is 0.243 e. The monoisotopic (exact) mass is 313 g/mol. The summed E-state index contributed by atoms with van der Waals surface area (Å²) in [5, 5.41) is 5.60. The molecule has 0 aliphatic carbocycles. The van der Waals surface area contributed by atoms with Gasteiger partial charge in [0.05, 0.1) is 12.2 Å². The van der Waals surface area contributed by atoms with Gasteiger partial charge in [0.25, 0.3) is 0 Å². The van der Waals surface area contributed by atoms with Gasteiger partial charge in [0.2, 0.25) is 5.91 Å². The third-order valence-corrected chi connectivity index (χ3v) is 3.94. The molecule has 1 aliphatic rings. The molecule has 1 heterocycles. The molecule has 4 nitrogen and oxygen atoms in total. The van der Waals surface area contributed by atoms with Gasteiger partial charge in [-0.2, -0.15) is 0 Å². The minimum absolute atomic E-state index is 0.0946. The van der Waals surface area contributed by atoms with Crippen molar-refractivity contribution in [3.05, 3.63) is 54.3 Å². The lowest BCUT2D eigenvalue weighted by Crippen LogP contribution is -2.22. The van der Waals surface area contributed by atoms with Gasteiger partial charge in [0.1, 0.15) is 5.82 Å². The van der Waals surface area contributed by atoms with E-state index in [2.05, 4.69) is 27.7 Å². The largest absolute Gasteiger partial charge is 0.376 e. The van der Waals surface area contributed by atoms with Crippen LogP contribution in [-0.2, 0) is 4.79 Å². The molecule has 3 rings (SSSR count). The lowest BCUT2D eigenvalue weighted by Gasteiger charge is -2.18. The second-order valence-electron chi connectivity index (χ2n) is 5.62. The summed E-state index contributed by atoms with van der Waals surface area (Å²) in [5.41, 5.74) is 2.28. The average Bonchev–Trinajstić information content (AvgIpc) is 3.10. The minimum atomic E-state index is -0.434.